The Hall–Kier alpha value is -1.59. The van der Waals surface area contributed by atoms with Crippen LogP contribution in [0.3, 0.4) is 0 Å². The molecule has 0 atom stereocenters. The number of carbonyl (C=O) groups is 1. The average molecular weight is 281 g/mol. The summed E-state index contributed by atoms with van der Waals surface area (Å²) >= 11 is 0. The zero-order valence-electron chi connectivity index (χ0n) is 12.4. The van der Waals surface area contributed by atoms with E-state index in [0.29, 0.717) is 19.8 Å². The van der Waals surface area contributed by atoms with Gasteiger partial charge in [-0.1, -0.05) is 17.7 Å². The first kappa shape index (κ1) is 16.5. The van der Waals surface area contributed by atoms with Gasteiger partial charge in [0, 0.05) is 25.8 Å². The standard InChI is InChI=1S/C15H23NO4/c1-12-4-5-14(20-8-6-15(17)19-3)13(10-12)11-16-7-9-18-2/h4-5,10,16H,6-9,11H2,1-3H3. The minimum absolute atomic E-state index is 0.251. The molecule has 112 valence electrons. The summed E-state index contributed by atoms with van der Waals surface area (Å²) in [6.07, 6.45) is 0.251. The fourth-order valence-electron chi connectivity index (χ4n) is 1.73. The zero-order valence-corrected chi connectivity index (χ0v) is 12.4. The summed E-state index contributed by atoms with van der Waals surface area (Å²) in [5.41, 5.74) is 2.25. The molecule has 0 aromatic heterocycles. The molecular formula is C15H23NO4. The average Bonchev–Trinajstić information content (AvgIpc) is 2.45. The summed E-state index contributed by atoms with van der Waals surface area (Å²) in [5.74, 6) is 0.529. The van der Waals surface area contributed by atoms with E-state index in [0.717, 1.165) is 17.9 Å². The molecule has 0 spiro atoms. The second-order valence-corrected chi connectivity index (χ2v) is 4.46. The Bertz CT molecular complexity index is 420. The van der Waals surface area contributed by atoms with Crippen molar-refractivity contribution in [3.63, 3.8) is 0 Å². The van der Waals surface area contributed by atoms with Crippen molar-refractivity contribution in [1.82, 2.24) is 5.32 Å². The van der Waals surface area contributed by atoms with Crippen LogP contribution in [0.4, 0.5) is 0 Å². The van der Waals surface area contributed by atoms with Gasteiger partial charge >= 0.3 is 5.97 Å². The maximum absolute atomic E-state index is 11.1. The van der Waals surface area contributed by atoms with Crippen molar-refractivity contribution in [2.45, 2.75) is 19.9 Å². The number of rotatable bonds is 9. The molecule has 0 aliphatic heterocycles. The van der Waals surface area contributed by atoms with Crippen LogP contribution in [0.2, 0.25) is 0 Å². The van der Waals surface area contributed by atoms with Crippen LogP contribution in [-0.4, -0.2) is 39.9 Å². The van der Waals surface area contributed by atoms with E-state index in [2.05, 4.69) is 16.1 Å². The summed E-state index contributed by atoms with van der Waals surface area (Å²) in [6.45, 7) is 4.52. The Labute approximate surface area is 120 Å². The van der Waals surface area contributed by atoms with Crippen LogP contribution >= 0.6 is 0 Å². The Kier molecular flexibility index (Phi) is 7.69. The Morgan fingerprint density at radius 1 is 1.25 bits per heavy atom. The van der Waals surface area contributed by atoms with Crippen molar-refractivity contribution in [2.24, 2.45) is 0 Å². The van der Waals surface area contributed by atoms with E-state index in [1.165, 1.54) is 12.7 Å². The summed E-state index contributed by atoms with van der Waals surface area (Å²) in [6, 6.07) is 6.00. The molecule has 0 saturated carbocycles. The Morgan fingerprint density at radius 3 is 2.75 bits per heavy atom. The minimum atomic E-state index is -0.267. The van der Waals surface area contributed by atoms with Gasteiger partial charge in [-0.05, 0) is 13.0 Å². The van der Waals surface area contributed by atoms with Crippen molar-refractivity contribution in [3.05, 3.63) is 29.3 Å². The lowest BCUT2D eigenvalue weighted by Gasteiger charge is -2.13. The minimum Gasteiger partial charge on any atom is -0.493 e. The molecule has 0 aliphatic rings. The number of benzene rings is 1. The monoisotopic (exact) mass is 281 g/mol. The number of hydrogen-bond acceptors (Lipinski definition) is 5. The molecule has 0 saturated heterocycles. The van der Waals surface area contributed by atoms with Gasteiger partial charge < -0.3 is 19.5 Å². The molecule has 0 heterocycles. The third-order valence-electron chi connectivity index (χ3n) is 2.81. The number of ether oxygens (including phenoxy) is 3. The molecule has 5 nitrogen and oxygen atoms in total. The number of carbonyl (C=O) groups excluding carboxylic acids is 1. The van der Waals surface area contributed by atoms with E-state index < -0.39 is 0 Å². The van der Waals surface area contributed by atoms with Crippen LogP contribution in [0.1, 0.15) is 17.5 Å². The van der Waals surface area contributed by atoms with Crippen molar-refractivity contribution in [1.29, 1.82) is 0 Å². The van der Waals surface area contributed by atoms with Gasteiger partial charge in [0.05, 0.1) is 26.7 Å². The lowest BCUT2D eigenvalue weighted by atomic mass is 10.1. The van der Waals surface area contributed by atoms with Crippen molar-refractivity contribution in [2.75, 3.05) is 34.0 Å². The summed E-state index contributed by atoms with van der Waals surface area (Å²) in [7, 11) is 3.05. The molecular weight excluding hydrogens is 258 g/mol. The fourth-order valence-corrected chi connectivity index (χ4v) is 1.73. The first-order valence-corrected chi connectivity index (χ1v) is 6.66. The lowest BCUT2D eigenvalue weighted by Crippen LogP contribution is -2.19. The SMILES string of the molecule is COCCNCc1cc(C)ccc1OCCC(=O)OC. The van der Waals surface area contributed by atoms with Gasteiger partial charge in [-0.2, -0.15) is 0 Å². The number of nitrogens with one attached hydrogen (secondary N) is 1. The normalized spacial score (nSPS) is 10.3. The fraction of sp³-hybridized carbons (Fsp3) is 0.533. The van der Waals surface area contributed by atoms with Gasteiger partial charge in [0.1, 0.15) is 5.75 Å². The molecule has 1 aromatic carbocycles. The van der Waals surface area contributed by atoms with E-state index in [1.807, 2.05) is 19.1 Å². The smallest absolute Gasteiger partial charge is 0.308 e. The number of esters is 1. The lowest BCUT2D eigenvalue weighted by molar-refractivity contribution is -0.141. The third-order valence-corrected chi connectivity index (χ3v) is 2.81. The van der Waals surface area contributed by atoms with Gasteiger partial charge in [0.25, 0.3) is 0 Å². The molecule has 0 aliphatic carbocycles. The van der Waals surface area contributed by atoms with Crippen LogP contribution in [0.15, 0.2) is 18.2 Å². The molecule has 5 heteroatoms. The van der Waals surface area contributed by atoms with Gasteiger partial charge in [-0.3, -0.25) is 4.79 Å². The van der Waals surface area contributed by atoms with E-state index in [4.69, 9.17) is 9.47 Å². The molecule has 0 unspecified atom stereocenters. The summed E-state index contributed by atoms with van der Waals surface area (Å²) in [4.78, 5) is 11.1. The van der Waals surface area contributed by atoms with Crippen molar-refractivity contribution in [3.8, 4) is 5.75 Å². The van der Waals surface area contributed by atoms with Crippen LogP contribution in [0.25, 0.3) is 0 Å². The predicted octanol–water partition coefficient (Wildman–Crippen LogP) is 1.67. The van der Waals surface area contributed by atoms with Gasteiger partial charge in [-0.25, -0.2) is 0 Å². The topological polar surface area (TPSA) is 56.8 Å². The first-order chi connectivity index (χ1) is 9.67. The zero-order chi connectivity index (χ0) is 14.8. The number of hydrogen-bond donors (Lipinski definition) is 1. The highest BCUT2D eigenvalue weighted by atomic mass is 16.5. The molecule has 20 heavy (non-hydrogen) atoms. The van der Waals surface area contributed by atoms with Crippen LogP contribution in [-0.2, 0) is 20.8 Å². The molecule has 0 bridgehead atoms. The third kappa shape index (κ3) is 6.04. The molecule has 1 aromatic rings. The summed E-state index contributed by atoms with van der Waals surface area (Å²) < 4.78 is 15.2. The highest BCUT2D eigenvalue weighted by Crippen LogP contribution is 2.20. The van der Waals surface area contributed by atoms with Gasteiger partial charge in [0.15, 0.2) is 0 Å². The van der Waals surface area contributed by atoms with Crippen LogP contribution < -0.4 is 10.1 Å². The van der Waals surface area contributed by atoms with E-state index in [1.54, 1.807) is 7.11 Å². The van der Waals surface area contributed by atoms with E-state index in [9.17, 15) is 4.79 Å². The Balaban J connectivity index is 2.53. The summed E-state index contributed by atoms with van der Waals surface area (Å²) in [5, 5.41) is 3.28. The Morgan fingerprint density at radius 2 is 2.05 bits per heavy atom. The molecule has 0 amide bonds. The number of aryl methyl sites for hydroxylation is 1. The van der Waals surface area contributed by atoms with Crippen molar-refractivity contribution >= 4 is 5.97 Å². The highest BCUT2D eigenvalue weighted by Gasteiger charge is 2.06. The quantitative estimate of drug-likeness (QED) is 0.551. The molecule has 1 rings (SSSR count). The molecule has 0 fully saturated rings. The predicted molar refractivity (Wildman–Crippen MR) is 76.9 cm³/mol. The molecule has 1 N–H and O–H groups in total. The highest BCUT2D eigenvalue weighted by molar-refractivity contribution is 5.69. The van der Waals surface area contributed by atoms with E-state index in [-0.39, 0.29) is 12.4 Å². The maximum Gasteiger partial charge on any atom is 0.308 e. The van der Waals surface area contributed by atoms with Crippen LogP contribution in [0, 0.1) is 6.92 Å². The van der Waals surface area contributed by atoms with Crippen molar-refractivity contribution < 1.29 is 19.0 Å². The second kappa shape index (κ2) is 9.34. The van der Waals surface area contributed by atoms with E-state index >= 15 is 0 Å². The van der Waals surface area contributed by atoms with Crippen LogP contribution in [0.5, 0.6) is 5.75 Å². The first-order valence-electron chi connectivity index (χ1n) is 6.66. The largest absolute Gasteiger partial charge is 0.493 e. The maximum atomic E-state index is 11.1. The molecule has 0 radical (unpaired) electrons. The van der Waals surface area contributed by atoms with Gasteiger partial charge in [-0.15, -0.1) is 0 Å². The second-order valence-electron chi connectivity index (χ2n) is 4.46. The van der Waals surface area contributed by atoms with Gasteiger partial charge in [0.2, 0.25) is 0 Å². The number of methoxy groups -OCH3 is 2.